The van der Waals surface area contributed by atoms with Crippen molar-refractivity contribution in [3.63, 3.8) is 0 Å². The Morgan fingerprint density at radius 1 is 0.935 bits per heavy atom. The van der Waals surface area contributed by atoms with Crippen molar-refractivity contribution in [2.75, 3.05) is 32.7 Å². The number of piperazine rings is 1. The molecular formula is C22H23N3O5S. The predicted octanol–water partition coefficient (Wildman–Crippen LogP) is 2.79. The Morgan fingerprint density at radius 3 is 2.29 bits per heavy atom. The summed E-state index contributed by atoms with van der Waals surface area (Å²) in [5, 5.41) is 24.1. The van der Waals surface area contributed by atoms with Crippen molar-refractivity contribution >= 4 is 26.5 Å². The summed E-state index contributed by atoms with van der Waals surface area (Å²) in [5.41, 5.74) is 0.394. The molecule has 3 aromatic rings. The Labute approximate surface area is 180 Å². The zero-order chi connectivity index (χ0) is 22.0. The van der Waals surface area contributed by atoms with Crippen molar-refractivity contribution in [3.8, 4) is 0 Å². The lowest BCUT2D eigenvalue weighted by atomic mass is 10.0. The first kappa shape index (κ1) is 21.4. The van der Waals surface area contributed by atoms with E-state index in [0.29, 0.717) is 19.6 Å². The van der Waals surface area contributed by atoms with E-state index < -0.39 is 26.7 Å². The van der Waals surface area contributed by atoms with Gasteiger partial charge in [0, 0.05) is 38.8 Å². The molecule has 9 heteroatoms. The number of benzene rings is 3. The normalized spacial score (nSPS) is 16.9. The third kappa shape index (κ3) is 4.45. The number of hydrogen-bond donors (Lipinski definition) is 1. The number of aliphatic hydroxyl groups excluding tert-OH is 1. The zero-order valence-electron chi connectivity index (χ0n) is 16.8. The highest BCUT2D eigenvalue weighted by molar-refractivity contribution is 7.89. The number of rotatable bonds is 6. The van der Waals surface area contributed by atoms with Crippen molar-refractivity contribution in [1.29, 1.82) is 0 Å². The van der Waals surface area contributed by atoms with E-state index in [1.54, 1.807) is 0 Å². The molecule has 0 aliphatic carbocycles. The van der Waals surface area contributed by atoms with Crippen LogP contribution in [0.25, 0.3) is 10.8 Å². The van der Waals surface area contributed by atoms with Crippen LogP contribution >= 0.6 is 0 Å². The van der Waals surface area contributed by atoms with Gasteiger partial charge in [0.05, 0.1) is 11.0 Å². The maximum atomic E-state index is 12.9. The number of β-amino-alcohol motifs (C(OH)–C–C–N with tert-alkyl or cyclic N) is 1. The Hall–Kier alpha value is -2.85. The van der Waals surface area contributed by atoms with Gasteiger partial charge < -0.3 is 5.11 Å². The third-order valence-corrected chi connectivity index (χ3v) is 7.55. The predicted molar refractivity (Wildman–Crippen MR) is 117 cm³/mol. The van der Waals surface area contributed by atoms with Gasteiger partial charge in [0.15, 0.2) is 4.90 Å². The summed E-state index contributed by atoms with van der Waals surface area (Å²) in [6, 6.07) is 19.2. The van der Waals surface area contributed by atoms with E-state index in [4.69, 9.17) is 0 Å². The fourth-order valence-electron chi connectivity index (χ4n) is 3.88. The molecule has 1 fully saturated rings. The molecule has 3 aromatic carbocycles. The molecule has 1 atom stereocenters. The molecule has 0 saturated carbocycles. The van der Waals surface area contributed by atoms with Crippen LogP contribution in [0.3, 0.4) is 0 Å². The quantitative estimate of drug-likeness (QED) is 0.466. The first-order valence-electron chi connectivity index (χ1n) is 9.99. The molecule has 8 nitrogen and oxygen atoms in total. The van der Waals surface area contributed by atoms with Crippen molar-refractivity contribution < 1.29 is 18.4 Å². The van der Waals surface area contributed by atoms with Crippen molar-refractivity contribution in [2.45, 2.75) is 11.0 Å². The second-order valence-electron chi connectivity index (χ2n) is 7.55. The molecular weight excluding hydrogens is 418 g/mol. The molecule has 31 heavy (non-hydrogen) atoms. The van der Waals surface area contributed by atoms with E-state index in [1.807, 2.05) is 47.4 Å². The number of para-hydroxylation sites is 1. The molecule has 1 N–H and O–H groups in total. The maximum absolute atomic E-state index is 12.9. The minimum atomic E-state index is -3.96. The number of nitro benzene ring substituents is 1. The third-order valence-electron chi connectivity index (χ3n) is 5.60. The second-order valence-corrected chi connectivity index (χ2v) is 9.46. The van der Waals surface area contributed by atoms with Crippen LogP contribution in [-0.4, -0.2) is 60.4 Å². The topological polar surface area (TPSA) is 104 Å². The highest BCUT2D eigenvalue weighted by atomic mass is 32.2. The molecule has 0 amide bonds. The smallest absolute Gasteiger partial charge is 0.289 e. The molecule has 1 heterocycles. The van der Waals surface area contributed by atoms with E-state index in [1.165, 1.54) is 28.6 Å². The van der Waals surface area contributed by atoms with Crippen molar-refractivity contribution in [2.24, 2.45) is 0 Å². The van der Waals surface area contributed by atoms with Crippen LogP contribution in [0.15, 0.2) is 71.6 Å². The van der Waals surface area contributed by atoms with E-state index >= 15 is 0 Å². The minimum absolute atomic E-state index is 0.207. The number of nitro groups is 1. The van der Waals surface area contributed by atoms with Gasteiger partial charge in [0.1, 0.15) is 0 Å². The minimum Gasteiger partial charge on any atom is -0.387 e. The molecule has 1 aliphatic rings. The van der Waals surface area contributed by atoms with E-state index in [2.05, 4.69) is 0 Å². The number of fused-ring (bicyclic) bond motifs is 1. The highest BCUT2D eigenvalue weighted by Gasteiger charge is 2.33. The largest absolute Gasteiger partial charge is 0.387 e. The van der Waals surface area contributed by atoms with Gasteiger partial charge >= 0.3 is 0 Å². The summed E-state index contributed by atoms with van der Waals surface area (Å²) >= 11 is 0. The van der Waals surface area contributed by atoms with Crippen LogP contribution in [0.2, 0.25) is 0 Å². The summed E-state index contributed by atoms with van der Waals surface area (Å²) in [6.45, 7) is 1.67. The van der Waals surface area contributed by atoms with Crippen LogP contribution in [0.1, 0.15) is 11.7 Å². The number of aliphatic hydroxyl groups is 1. The lowest BCUT2D eigenvalue weighted by Gasteiger charge is -2.34. The monoisotopic (exact) mass is 441 g/mol. The van der Waals surface area contributed by atoms with Crippen LogP contribution in [0.5, 0.6) is 0 Å². The Bertz CT molecular complexity index is 1210. The Balaban J connectivity index is 1.42. The lowest BCUT2D eigenvalue weighted by molar-refractivity contribution is -0.387. The van der Waals surface area contributed by atoms with Crippen LogP contribution < -0.4 is 0 Å². The van der Waals surface area contributed by atoms with Crippen LogP contribution in [-0.2, 0) is 10.0 Å². The molecule has 1 unspecified atom stereocenters. The molecule has 1 saturated heterocycles. The maximum Gasteiger partial charge on any atom is 0.289 e. The molecule has 4 rings (SSSR count). The molecule has 0 radical (unpaired) electrons. The highest BCUT2D eigenvalue weighted by Crippen LogP contribution is 2.27. The first-order chi connectivity index (χ1) is 14.9. The number of sulfonamides is 1. The van der Waals surface area contributed by atoms with Gasteiger partial charge in [-0.2, -0.15) is 4.31 Å². The van der Waals surface area contributed by atoms with Gasteiger partial charge in [-0.15, -0.1) is 0 Å². The Morgan fingerprint density at radius 2 is 1.58 bits per heavy atom. The van der Waals surface area contributed by atoms with Crippen molar-refractivity contribution in [3.05, 3.63) is 82.4 Å². The summed E-state index contributed by atoms with van der Waals surface area (Å²) in [7, 11) is -3.96. The van der Waals surface area contributed by atoms with Gasteiger partial charge in [-0.05, 0) is 28.5 Å². The van der Waals surface area contributed by atoms with E-state index in [0.717, 1.165) is 16.3 Å². The van der Waals surface area contributed by atoms with E-state index in [9.17, 15) is 23.6 Å². The average molecular weight is 442 g/mol. The molecule has 0 aromatic heterocycles. The average Bonchev–Trinajstić information content (AvgIpc) is 2.79. The van der Waals surface area contributed by atoms with Gasteiger partial charge in [-0.3, -0.25) is 15.0 Å². The second kappa shape index (κ2) is 8.72. The zero-order valence-corrected chi connectivity index (χ0v) is 17.6. The lowest BCUT2D eigenvalue weighted by Crippen LogP contribution is -2.49. The standard InChI is InChI=1S/C22H23N3O5S/c26-21(19-10-9-17-5-1-2-6-18(17)15-19)16-23-11-13-24(14-12-23)31(29,30)22-8-4-3-7-20(22)25(27)28/h1-10,15,21,26H,11-14,16H2. The molecule has 0 spiro atoms. The summed E-state index contributed by atoms with van der Waals surface area (Å²) in [5.74, 6) is 0. The van der Waals surface area contributed by atoms with E-state index in [-0.39, 0.29) is 18.0 Å². The van der Waals surface area contributed by atoms with Crippen LogP contribution in [0.4, 0.5) is 5.69 Å². The van der Waals surface area contributed by atoms with Gasteiger partial charge in [-0.25, -0.2) is 8.42 Å². The summed E-state index contributed by atoms with van der Waals surface area (Å²) in [6.07, 6.45) is -0.692. The van der Waals surface area contributed by atoms with Crippen molar-refractivity contribution in [1.82, 2.24) is 9.21 Å². The first-order valence-corrected chi connectivity index (χ1v) is 11.4. The fraction of sp³-hybridized carbons (Fsp3) is 0.273. The van der Waals surface area contributed by atoms with Gasteiger partial charge in [0.2, 0.25) is 10.0 Å². The summed E-state index contributed by atoms with van der Waals surface area (Å²) < 4.78 is 27.2. The number of nitrogens with zero attached hydrogens (tertiary/aromatic N) is 3. The summed E-state index contributed by atoms with van der Waals surface area (Å²) in [4.78, 5) is 12.3. The molecule has 162 valence electrons. The fourth-order valence-corrected chi connectivity index (χ4v) is 5.46. The van der Waals surface area contributed by atoms with Gasteiger partial charge in [-0.1, -0.05) is 48.5 Å². The molecule has 1 aliphatic heterocycles. The number of hydrogen-bond acceptors (Lipinski definition) is 6. The molecule has 0 bridgehead atoms. The van der Waals surface area contributed by atoms with Gasteiger partial charge in [0.25, 0.3) is 5.69 Å². The van der Waals surface area contributed by atoms with Crippen LogP contribution in [0, 0.1) is 10.1 Å². The Kier molecular flexibility index (Phi) is 6.01. The SMILES string of the molecule is O=[N+]([O-])c1ccccc1S(=O)(=O)N1CCN(CC(O)c2ccc3ccccc3c2)CC1.